The van der Waals surface area contributed by atoms with Gasteiger partial charge in [0.2, 0.25) is 5.12 Å². The highest BCUT2D eigenvalue weighted by molar-refractivity contribution is 8.25. The first-order valence-corrected chi connectivity index (χ1v) is 5.09. The minimum absolute atomic E-state index is 0.0573. The fourth-order valence-electron chi connectivity index (χ4n) is 0.908. The molecule has 11 heavy (non-hydrogen) atoms. The van der Waals surface area contributed by atoms with Crippen molar-refractivity contribution in [3.63, 3.8) is 0 Å². The van der Waals surface area contributed by atoms with Crippen LogP contribution < -0.4 is 5.32 Å². The molecule has 2 aliphatic rings. The second-order valence-corrected chi connectivity index (χ2v) is 4.02. The Hall–Kier alpha value is -0.420. The van der Waals surface area contributed by atoms with E-state index < -0.39 is 0 Å². The predicted octanol–water partition coefficient (Wildman–Crippen LogP) is 0.794. The van der Waals surface area contributed by atoms with E-state index in [4.69, 9.17) is 0 Å². The minimum atomic E-state index is 0.0573. The third-order valence-electron chi connectivity index (χ3n) is 1.38. The number of nitrogens with one attached hydrogen (secondary N) is 1. The van der Waals surface area contributed by atoms with Gasteiger partial charge >= 0.3 is 0 Å². The van der Waals surface area contributed by atoms with Crippen LogP contribution in [0.1, 0.15) is 0 Å². The van der Waals surface area contributed by atoms with E-state index in [9.17, 15) is 4.79 Å². The summed E-state index contributed by atoms with van der Waals surface area (Å²) in [6, 6.07) is 0. The molecule has 2 aliphatic heterocycles. The van der Waals surface area contributed by atoms with Crippen molar-refractivity contribution in [1.82, 2.24) is 5.32 Å². The van der Waals surface area contributed by atoms with Gasteiger partial charge in [0.05, 0.1) is 10.6 Å². The smallest absolute Gasteiger partial charge is 0.246 e. The number of aliphatic imine (C=N–C) groups is 1. The maximum absolute atomic E-state index is 11.1. The molecule has 1 N–H and O–H groups in total. The van der Waals surface area contributed by atoms with E-state index in [0.29, 0.717) is 5.70 Å². The van der Waals surface area contributed by atoms with Gasteiger partial charge in [0.15, 0.2) is 0 Å². The first kappa shape index (κ1) is 7.24. The van der Waals surface area contributed by atoms with Crippen molar-refractivity contribution >= 4 is 34.2 Å². The molecule has 0 unspecified atom stereocenters. The Morgan fingerprint density at radius 1 is 1.64 bits per heavy atom. The number of thioether (sulfide) groups is 2. The largest absolute Gasteiger partial charge is 0.377 e. The Morgan fingerprint density at radius 3 is 3.09 bits per heavy atom. The zero-order valence-corrected chi connectivity index (χ0v) is 7.30. The Morgan fingerprint density at radius 2 is 2.55 bits per heavy atom. The highest BCUT2D eigenvalue weighted by Gasteiger charge is 2.21. The summed E-state index contributed by atoms with van der Waals surface area (Å²) in [6.07, 6.45) is 0. The van der Waals surface area contributed by atoms with Crippen molar-refractivity contribution in [1.29, 1.82) is 0 Å². The molecule has 0 aliphatic carbocycles. The summed E-state index contributed by atoms with van der Waals surface area (Å²) in [7, 11) is 0. The first-order chi connectivity index (χ1) is 5.38. The van der Waals surface area contributed by atoms with Gasteiger partial charge in [-0.3, -0.25) is 4.79 Å². The average molecular weight is 186 g/mol. The normalized spacial score (nSPS) is 29.6. The van der Waals surface area contributed by atoms with Crippen LogP contribution in [0, 0.1) is 0 Å². The Balaban J connectivity index is 2.30. The highest BCUT2D eigenvalue weighted by Crippen LogP contribution is 2.28. The second-order valence-electron chi connectivity index (χ2n) is 2.09. The van der Waals surface area contributed by atoms with E-state index >= 15 is 0 Å². The molecule has 1 fully saturated rings. The molecule has 0 saturated carbocycles. The summed E-state index contributed by atoms with van der Waals surface area (Å²) < 4.78 is 0. The lowest BCUT2D eigenvalue weighted by Crippen LogP contribution is -2.07. The summed E-state index contributed by atoms with van der Waals surface area (Å²) in [4.78, 5) is 15.1. The number of carbonyl (C=O) groups is 1. The van der Waals surface area contributed by atoms with Crippen LogP contribution in [0.15, 0.2) is 15.7 Å². The first-order valence-electron chi connectivity index (χ1n) is 3.22. The third kappa shape index (κ3) is 1.30. The Kier molecular flexibility index (Phi) is 1.91. The molecular weight excluding hydrogens is 180 g/mol. The van der Waals surface area contributed by atoms with E-state index in [2.05, 4.69) is 10.3 Å². The molecule has 1 saturated heterocycles. The SMILES string of the molecule is O=C1SC=N/C1=C1\NCCS1. The van der Waals surface area contributed by atoms with Crippen LogP contribution in [-0.2, 0) is 4.79 Å². The summed E-state index contributed by atoms with van der Waals surface area (Å²) in [6.45, 7) is 0.941. The summed E-state index contributed by atoms with van der Waals surface area (Å²) in [5.41, 5.74) is 2.18. The van der Waals surface area contributed by atoms with Gasteiger partial charge in [0.1, 0.15) is 5.70 Å². The Bertz CT molecular complexity index is 251. The minimum Gasteiger partial charge on any atom is -0.377 e. The fraction of sp³-hybridized carbons (Fsp3) is 0.333. The Labute approximate surface area is 72.7 Å². The number of hydrogen-bond acceptors (Lipinski definition) is 5. The van der Waals surface area contributed by atoms with Gasteiger partial charge in [-0.2, -0.15) is 0 Å². The molecule has 2 heterocycles. The molecule has 3 nitrogen and oxygen atoms in total. The zero-order valence-electron chi connectivity index (χ0n) is 5.66. The summed E-state index contributed by atoms with van der Waals surface area (Å²) >= 11 is 2.81. The summed E-state index contributed by atoms with van der Waals surface area (Å²) in [5.74, 6) is 1.03. The van der Waals surface area contributed by atoms with Gasteiger partial charge < -0.3 is 5.32 Å². The van der Waals surface area contributed by atoms with Crippen molar-refractivity contribution in [3.05, 3.63) is 10.7 Å². The van der Waals surface area contributed by atoms with E-state index in [-0.39, 0.29) is 5.12 Å². The molecule has 0 radical (unpaired) electrons. The van der Waals surface area contributed by atoms with Crippen LogP contribution in [-0.4, -0.2) is 23.0 Å². The molecule has 58 valence electrons. The van der Waals surface area contributed by atoms with Gasteiger partial charge in [-0.1, -0.05) is 0 Å². The molecule has 0 aromatic rings. The molecule has 0 spiro atoms. The van der Waals surface area contributed by atoms with Crippen molar-refractivity contribution < 1.29 is 4.79 Å². The third-order valence-corrected chi connectivity index (χ3v) is 3.04. The summed E-state index contributed by atoms with van der Waals surface area (Å²) in [5, 5.41) is 4.12. The standard InChI is InChI=1S/C6H6N2OS2/c9-6-4(8-3-11-6)5-7-1-2-10-5/h3,7H,1-2H2/b5-4+. The fourth-order valence-corrected chi connectivity index (χ4v) is 2.39. The lowest BCUT2D eigenvalue weighted by Gasteiger charge is -1.97. The monoisotopic (exact) mass is 186 g/mol. The number of hydrogen-bond donors (Lipinski definition) is 1. The van der Waals surface area contributed by atoms with Crippen molar-refractivity contribution in [2.45, 2.75) is 0 Å². The van der Waals surface area contributed by atoms with Crippen LogP contribution >= 0.6 is 23.5 Å². The topological polar surface area (TPSA) is 41.5 Å². The number of nitrogens with zero attached hydrogens (tertiary/aromatic N) is 1. The van der Waals surface area contributed by atoms with E-state index in [1.165, 1.54) is 0 Å². The maximum Gasteiger partial charge on any atom is 0.246 e. The van der Waals surface area contributed by atoms with Gasteiger partial charge in [0, 0.05) is 12.3 Å². The lowest BCUT2D eigenvalue weighted by molar-refractivity contribution is -0.107. The molecule has 0 atom stereocenters. The molecular formula is C6H6N2OS2. The van der Waals surface area contributed by atoms with Crippen molar-refractivity contribution in [2.24, 2.45) is 4.99 Å². The number of rotatable bonds is 0. The van der Waals surface area contributed by atoms with E-state index in [0.717, 1.165) is 29.1 Å². The maximum atomic E-state index is 11.1. The van der Waals surface area contributed by atoms with Crippen LogP contribution in [0.4, 0.5) is 0 Å². The molecule has 0 amide bonds. The van der Waals surface area contributed by atoms with Gasteiger partial charge in [-0.05, 0) is 11.8 Å². The van der Waals surface area contributed by atoms with Crippen LogP contribution in [0.3, 0.4) is 0 Å². The molecule has 0 aromatic carbocycles. The average Bonchev–Trinajstić information content (AvgIpc) is 2.55. The zero-order chi connectivity index (χ0) is 7.68. The predicted molar refractivity (Wildman–Crippen MR) is 48.6 cm³/mol. The lowest BCUT2D eigenvalue weighted by atomic mass is 10.5. The molecule has 2 rings (SSSR count). The van der Waals surface area contributed by atoms with Crippen LogP contribution in [0.25, 0.3) is 0 Å². The quantitative estimate of drug-likeness (QED) is 0.568. The highest BCUT2D eigenvalue weighted by atomic mass is 32.2. The van der Waals surface area contributed by atoms with Gasteiger partial charge in [0.25, 0.3) is 0 Å². The number of carbonyl (C=O) groups excluding carboxylic acids is 1. The molecule has 5 heteroatoms. The van der Waals surface area contributed by atoms with Crippen molar-refractivity contribution in [2.75, 3.05) is 12.3 Å². The second kappa shape index (κ2) is 2.91. The van der Waals surface area contributed by atoms with Crippen LogP contribution in [0.5, 0.6) is 0 Å². The van der Waals surface area contributed by atoms with E-state index in [1.54, 1.807) is 17.3 Å². The van der Waals surface area contributed by atoms with Crippen LogP contribution in [0.2, 0.25) is 0 Å². The molecule has 0 bridgehead atoms. The van der Waals surface area contributed by atoms with Gasteiger partial charge in [-0.15, -0.1) is 11.8 Å². The van der Waals surface area contributed by atoms with E-state index in [1.807, 2.05) is 0 Å². The van der Waals surface area contributed by atoms with Crippen molar-refractivity contribution in [3.8, 4) is 0 Å². The van der Waals surface area contributed by atoms with Gasteiger partial charge in [-0.25, -0.2) is 4.99 Å². The molecule has 0 aromatic heterocycles.